The average Bonchev–Trinajstić information content (AvgIpc) is 2.80. The van der Waals surface area contributed by atoms with Crippen LogP contribution in [0.25, 0.3) is 0 Å². The van der Waals surface area contributed by atoms with E-state index in [9.17, 15) is 0 Å². The van der Waals surface area contributed by atoms with Crippen molar-refractivity contribution in [3.63, 3.8) is 0 Å². The summed E-state index contributed by atoms with van der Waals surface area (Å²) >= 11 is 14.0. The fourth-order valence-corrected chi connectivity index (χ4v) is 13.4. The van der Waals surface area contributed by atoms with E-state index in [-0.39, 0.29) is 0 Å². The summed E-state index contributed by atoms with van der Waals surface area (Å²) in [7, 11) is -2.94. The third-order valence-corrected chi connectivity index (χ3v) is 14.3. The molecule has 0 radical (unpaired) electrons. The lowest BCUT2D eigenvalue weighted by atomic mass is 10.3. The van der Waals surface area contributed by atoms with Crippen LogP contribution in [0.15, 0.2) is 121 Å². The quantitative estimate of drug-likeness (QED) is 0.245. The van der Waals surface area contributed by atoms with E-state index >= 15 is 0 Å². The number of rotatable bonds is 6. The molecule has 0 N–H and O–H groups in total. The van der Waals surface area contributed by atoms with Crippen LogP contribution >= 0.6 is 22.2 Å². The highest BCUT2D eigenvalue weighted by molar-refractivity contribution is 7.49. The van der Waals surface area contributed by atoms with Gasteiger partial charge in [-0.3, -0.25) is 0 Å². The summed E-state index contributed by atoms with van der Waals surface area (Å²) in [5.41, 5.74) is 0. The highest BCUT2D eigenvalue weighted by atomic mass is 35.7. The number of halogens is 2. The maximum atomic E-state index is 7.01. The fourth-order valence-electron chi connectivity index (χ4n) is 3.58. The van der Waals surface area contributed by atoms with Crippen molar-refractivity contribution in [2.24, 2.45) is 0 Å². The van der Waals surface area contributed by atoms with Gasteiger partial charge in [-0.1, -0.05) is 121 Å². The monoisotopic (exact) mass is 450 g/mol. The molecule has 0 spiro atoms. The van der Waals surface area contributed by atoms with Crippen LogP contribution in [0.2, 0.25) is 0 Å². The maximum Gasteiger partial charge on any atom is 0.414 e. The Bertz CT molecular complexity index is 947. The molecule has 0 aliphatic rings. The number of benzene rings is 4. The van der Waals surface area contributed by atoms with E-state index in [0.29, 0.717) is 0 Å². The summed E-state index contributed by atoms with van der Waals surface area (Å²) in [6.45, 7) is -3.26. The predicted molar refractivity (Wildman–Crippen MR) is 129 cm³/mol. The Morgan fingerprint density at radius 3 is 1.00 bits per heavy atom. The lowest BCUT2D eigenvalue weighted by Gasteiger charge is -2.37. The van der Waals surface area contributed by atoms with Gasteiger partial charge in [-0.15, -0.1) is 22.2 Å². The topological polar surface area (TPSA) is 9.23 Å². The molecule has 0 heterocycles. The van der Waals surface area contributed by atoms with Gasteiger partial charge in [-0.2, -0.15) is 0 Å². The second-order valence-electron chi connectivity index (χ2n) is 6.76. The van der Waals surface area contributed by atoms with Gasteiger partial charge in [0.25, 0.3) is 8.32 Å². The molecule has 4 aromatic carbocycles. The van der Waals surface area contributed by atoms with Crippen LogP contribution in [0.1, 0.15) is 0 Å². The first-order chi connectivity index (χ1) is 14.1. The predicted octanol–water partition coefficient (Wildman–Crippen LogP) is 3.99. The maximum absolute atomic E-state index is 7.01. The molecule has 4 aromatic rings. The minimum atomic E-state index is -3.26. The Balaban J connectivity index is 1.98. The Kier molecular flexibility index (Phi) is 6.04. The van der Waals surface area contributed by atoms with Gasteiger partial charge in [-0.25, -0.2) is 0 Å². The minimum absolute atomic E-state index is 0.850. The number of hydrogen-bond acceptors (Lipinski definition) is 1. The van der Waals surface area contributed by atoms with Crippen LogP contribution in [0.3, 0.4) is 0 Å². The van der Waals surface area contributed by atoms with E-state index in [2.05, 4.69) is 36.4 Å². The molecule has 0 saturated carbocycles. The largest absolute Gasteiger partial charge is 0.420 e. The lowest BCUT2D eigenvalue weighted by Crippen LogP contribution is -2.73. The first kappa shape index (κ1) is 20.1. The third kappa shape index (κ3) is 4.11. The van der Waals surface area contributed by atoms with Crippen LogP contribution in [-0.2, 0) is 4.12 Å². The van der Waals surface area contributed by atoms with Crippen molar-refractivity contribution in [3.05, 3.63) is 121 Å². The van der Waals surface area contributed by atoms with Gasteiger partial charge in [0.2, 0.25) is 0 Å². The second-order valence-corrected chi connectivity index (χ2v) is 16.1. The van der Waals surface area contributed by atoms with Crippen LogP contribution in [0.4, 0.5) is 0 Å². The molecule has 0 fully saturated rings. The van der Waals surface area contributed by atoms with Gasteiger partial charge < -0.3 is 4.12 Å². The normalized spacial score (nSPS) is 11.9. The summed E-state index contributed by atoms with van der Waals surface area (Å²) in [5, 5.41) is 4.20. The van der Waals surface area contributed by atoms with E-state index in [1.807, 2.05) is 84.9 Å². The Morgan fingerprint density at radius 2 is 0.690 bits per heavy atom. The highest BCUT2D eigenvalue weighted by Gasteiger charge is 2.49. The molecular formula is C24H20Cl2OSi2. The second kappa shape index (κ2) is 8.70. The first-order valence-corrected chi connectivity index (χ1v) is 15.3. The number of hydrogen-bond donors (Lipinski definition) is 0. The van der Waals surface area contributed by atoms with Crippen LogP contribution in [0.5, 0.6) is 0 Å². The highest BCUT2D eigenvalue weighted by Crippen LogP contribution is 2.23. The molecule has 4 rings (SSSR count). The van der Waals surface area contributed by atoms with Crippen molar-refractivity contribution in [2.45, 2.75) is 0 Å². The molecule has 5 heteroatoms. The van der Waals surface area contributed by atoms with E-state index < -0.39 is 15.3 Å². The summed E-state index contributed by atoms with van der Waals surface area (Å²) in [5.74, 6) is 0. The smallest absolute Gasteiger partial charge is 0.414 e. The van der Waals surface area contributed by atoms with Crippen molar-refractivity contribution in [1.29, 1.82) is 0 Å². The summed E-state index contributed by atoms with van der Waals surface area (Å²) in [6.07, 6.45) is 0. The lowest BCUT2D eigenvalue weighted by molar-refractivity contribution is 0.615. The molecule has 0 aliphatic heterocycles. The van der Waals surface area contributed by atoms with Crippen molar-refractivity contribution in [3.8, 4) is 0 Å². The van der Waals surface area contributed by atoms with Gasteiger partial charge in [0, 0.05) is 0 Å². The zero-order valence-electron chi connectivity index (χ0n) is 15.7. The van der Waals surface area contributed by atoms with Gasteiger partial charge in [-0.05, 0) is 20.7 Å². The summed E-state index contributed by atoms with van der Waals surface area (Å²) in [4.78, 5) is 0. The molecule has 0 unspecified atom stereocenters. The van der Waals surface area contributed by atoms with Gasteiger partial charge >= 0.3 is 6.94 Å². The van der Waals surface area contributed by atoms with Crippen LogP contribution in [0, 0.1) is 0 Å². The van der Waals surface area contributed by atoms with Crippen LogP contribution < -0.4 is 20.7 Å². The first-order valence-electron chi connectivity index (χ1n) is 9.43. The molecule has 0 aromatic heterocycles. The van der Waals surface area contributed by atoms with Crippen molar-refractivity contribution in [1.82, 2.24) is 0 Å². The zero-order valence-corrected chi connectivity index (χ0v) is 19.2. The molecule has 1 nitrogen and oxygen atoms in total. The minimum Gasteiger partial charge on any atom is -0.420 e. The molecular weight excluding hydrogens is 431 g/mol. The summed E-state index contributed by atoms with van der Waals surface area (Å²) in [6, 6.07) is 40.8. The molecule has 0 saturated heterocycles. The fraction of sp³-hybridized carbons (Fsp3) is 0. The summed E-state index contributed by atoms with van der Waals surface area (Å²) < 4.78 is 6.98. The van der Waals surface area contributed by atoms with Crippen LogP contribution in [-0.4, -0.2) is 15.3 Å². The Morgan fingerprint density at radius 1 is 0.414 bits per heavy atom. The standard InChI is InChI=1S/C24H20Cl2OSi2/c25-29(26,24-19-11-4-12-20-24)27-28(21-13-5-1-6-14-21,22-15-7-2-8-16-22)23-17-9-3-10-18-23/h1-20H. The zero-order chi connectivity index (χ0) is 20.2. The third-order valence-electron chi connectivity index (χ3n) is 4.93. The average molecular weight is 452 g/mol. The van der Waals surface area contributed by atoms with Crippen molar-refractivity contribution < 1.29 is 4.12 Å². The van der Waals surface area contributed by atoms with Crippen molar-refractivity contribution in [2.75, 3.05) is 0 Å². The van der Waals surface area contributed by atoms with E-state index in [1.165, 1.54) is 0 Å². The van der Waals surface area contributed by atoms with E-state index in [1.54, 1.807) is 0 Å². The van der Waals surface area contributed by atoms with Gasteiger partial charge in [0.15, 0.2) is 0 Å². The molecule has 0 atom stereocenters. The molecule has 0 amide bonds. The van der Waals surface area contributed by atoms with Gasteiger partial charge in [0.1, 0.15) is 0 Å². The van der Waals surface area contributed by atoms with E-state index in [4.69, 9.17) is 26.3 Å². The molecule has 144 valence electrons. The Hall–Kier alpha value is -2.15. The van der Waals surface area contributed by atoms with Gasteiger partial charge in [0.05, 0.1) is 0 Å². The van der Waals surface area contributed by atoms with E-state index in [0.717, 1.165) is 20.7 Å². The molecule has 29 heavy (non-hydrogen) atoms. The molecule has 0 bridgehead atoms. The Labute approximate surface area is 183 Å². The molecule has 0 aliphatic carbocycles. The SMILES string of the molecule is Cl[Si](Cl)(O[Si](c1ccccc1)(c1ccccc1)c1ccccc1)c1ccccc1. The van der Waals surface area contributed by atoms with Crippen molar-refractivity contribution >= 4 is 58.2 Å².